The number of hydrogen-bond donors (Lipinski definition) is 2. The zero-order valence-electron chi connectivity index (χ0n) is 10.5. The average molecular weight is 325 g/mol. The molecule has 19 heavy (non-hydrogen) atoms. The van der Waals surface area contributed by atoms with Crippen molar-refractivity contribution in [1.82, 2.24) is 9.78 Å². The summed E-state index contributed by atoms with van der Waals surface area (Å²) in [4.78, 5) is 22.6. The second kappa shape index (κ2) is 5.05. The minimum absolute atomic E-state index is 0.274. The molecule has 2 aromatic rings. The van der Waals surface area contributed by atoms with Gasteiger partial charge in [-0.25, -0.2) is 0 Å². The molecular weight excluding hydrogens is 312 g/mol. The number of aryl methyl sites for hydroxylation is 1. The van der Waals surface area contributed by atoms with Crippen LogP contribution in [0.4, 0.5) is 0 Å². The molecule has 1 heterocycles. The van der Waals surface area contributed by atoms with Gasteiger partial charge in [-0.3, -0.25) is 19.4 Å². The molecule has 1 aromatic heterocycles. The summed E-state index contributed by atoms with van der Waals surface area (Å²) in [5.74, 6) is -1.01. The lowest BCUT2D eigenvalue weighted by atomic mass is 10.1. The lowest BCUT2D eigenvalue weighted by Gasteiger charge is -2.09. The quantitative estimate of drug-likeness (QED) is 0.908. The van der Waals surface area contributed by atoms with Crippen LogP contribution in [-0.4, -0.2) is 20.9 Å². The van der Waals surface area contributed by atoms with Crippen molar-refractivity contribution in [3.63, 3.8) is 0 Å². The third kappa shape index (κ3) is 2.63. The number of nitrogens with zero attached hydrogens (tertiary/aromatic N) is 1. The molecule has 0 saturated heterocycles. The van der Waals surface area contributed by atoms with Crippen molar-refractivity contribution in [3.05, 3.63) is 49.8 Å². The van der Waals surface area contributed by atoms with E-state index in [4.69, 9.17) is 5.11 Å². The molecule has 2 N–H and O–H groups in total. The Bertz CT molecular complexity index is 700. The number of H-pyrrole nitrogens is 1. The van der Waals surface area contributed by atoms with Crippen molar-refractivity contribution in [2.45, 2.75) is 20.3 Å². The first-order valence-electron chi connectivity index (χ1n) is 5.69. The summed E-state index contributed by atoms with van der Waals surface area (Å²) in [6.07, 6.45) is -0.274. The second-order valence-corrected chi connectivity index (χ2v) is 5.26. The molecule has 0 bridgehead atoms. The van der Waals surface area contributed by atoms with Gasteiger partial charge >= 0.3 is 5.97 Å². The molecule has 6 heteroatoms. The molecule has 0 saturated carbocycles. The SMILES string of the molecule is Cc1cc(Br)ccc1-n1[nH]c(=O)c(CC(=O)O)c1C. The van der Waals surface area contributed by atoms with Gasteiger partial charge in [0.05, 0.1) is 17.7 Å². The van der Waals surface area contributed by atoms with E-state index >= 15 is 0 Å². The Morgan fingerprint density at radius 3 is 2.68 bits per heavy atom. The monoisotopic (exact) mass is 324 g/mol. The van der Waals surface area contributed by atoms with Crippen LogP contribution in [0.3, 0.4) is 0 Å². The largest absolute Gasteiger partial charge is 0.481 e. The highest BCUT2D eigenvalue weighted by Crippen LogP contribution is 2.20. The van der Waals surface area contributed by atoms with Gasteiger partial charge in [0, 0.05) is 10.2 Å². The van der Waals surface area contributed by atoms with Crippen molar-refractivity contribution in [1.29, 1.82) is 0 Å². The van der Waals surface area contributed by atoms with E-state index in [1.165, 1.54) is 0 Å². The maximum absolute atomic E-state index is 11.8. The minimum Gasteiger partial charge on any atom is -0.481 e. The summed E-state index contributed by atoms with van der Waals surface area (Å²) < 4.78 is 2.58. The van der Waals surface area contributed by atoms with Gasteiger partial charge < -0.3 is 5.11 Å². The topological polar surface area (TPSA) is 75.1 Å². The van der Waals surface area contributed by atoms with Crippen LogP contribution < -0.4 is 5.56 Å². The lowest BCUT2D eigenvalue weighted by Crippen LogP contribution is -2.11. The maximum atomic E-state index is 11.8. The van der Waals surface area contributed by atoms with E-state index in [1.807, 2.05) is 25.1 Å². The first-order valence-corrected chi connectivity index (χ1v) is 6.48. The van der Waals surface area contributed by atoms with Crippen LogP contribution in [0.15, 0.2) is 27.5 Å². The second-order valence-electron chi connectivity index (χ2n) is 4.34. The average Bonchev–Trinajstić information content (AvgIpc) is 2.57. The van der Waals surface area contributed by atoms with Crippen molar-refractivity contribution >= 4 is 21.9 Å². The van der Waals surface area contributed by atoms with Gasteiger partial charge in [0.2, 0.25) is 0 Å². The number of aromatic nitrogens is 2. The number of carboxylic acid groups (broad SMARTS) is 1. The summed E-state index contributed by atoms with van der Waals surface area (Å²) in [6.45, 7) is 3.66. The summed E-state index contributed by atoms with van der Waals surface area (Å²) in [5.41, 5.74) is 2.36. The Balaban J connectivity index is 2.58. The van der Waals surface area contributed by atoms with Crippen molar-refractivity contribution < 1.29 is 9.90 Å². The normalized spacial score (nSPS) is 10.7. The summed E-state index contributed by atoms with van der Waals surface area (Å²) in [5, 5.41) is 11.5. The molecule has 1 aromatic carbocycles. The zero-order chi connectivity index (χ0) is 14.2. The highest BCUT2D eigenvalue weighted by Gasteiger charge is 2.15. The molecule has 0 radical (unpaired) electrons. The highest BCUT2D eigenvalue weighted by atomic mass is 79.9. The van der Waals surface area contributed by atoms with E-state index in [0.29, 0.717) is 5.69 Å². The van der Waals surface area contributed by atoms with Gasteiger partial charge in [0.1, 0.15) is 0 Å². The van der Waals surface area contributed by atoms with Gasteiger partial charge in [-0.15, -0.1) is 0 Å². The Morgan fingerprint density at radius 2 is 2.11 bits per heavy atom. The van der Waals surface area contributed by atoms with Gasteiger partial charge in [-0.1, -0.05) is 15.9 Å². The standard InChI is InChI=1S/C13H13BrN2O3/c1-7-5-9(14)3-4-11(7)16-8(2)10(6-12(17)18)13(19)15-16/h3-5H,6H2,1-2H3,(H,15,19)(H,17,18). The predicted molar refractivity (Wildman–Crippen MR) is 74.9 cm³/mol. The van der Waals surface area contributed by atoms with Crippen LogP contribution in [0, 0.1) is 13.8 Å². The molecule has 0 atom stereocenters. The fraction of sp³-hybridized carbons (Fsp3) is 0.231. The number of aliphatic carboxylic acids is 1. The highest BCUT2D eigenvalue weighted by molar-refractivity contribution is 9.10. The molecular formula is C13H13BrN2O3. The van der Waals surface area contributed by atoms with E-state index in [2.05, 4.69) is 21.0 Å². The van der Waals surface area contributed by atoms with Crippen molar-refractivity contribution in [2.24, 2.45) is 0 Å². The van der Waals surface area contributed by atoms with E-state index in [-0.39, 0.29) is 17.5 Å². The summed E-state index contributed by atoms with van der Waals surface area (Å²) in [7, 11) is 0. The number of nitrogens with one attached hydrogen (secondary N) is 1. The minimum atomic E-state index is -1.01. The molecule has 5 nitrogen and oxygen atoms in total. The Kier molecular flexibility index (Phi) is 3.61. The predicted octanol–water partition coefficient (Wildman–Crippen LogP) is 2.17. The summed E-state index contributed by atoms with van der Waals surface area (Å²) in [6, 6.07) is 5.67. The smallest absolute Gasteiger partial charge is 0.308 e. The van der Waals surface area contributed by atoms with Crippen molar-refractivity contribution in [3.8, 4) is 5.69 Å². The first-order chi connectivity index (χ1) is 8.90. The molecule has 0 aliphatic heterocycles. The Labute approximate surface area is 118 Å². The third-order valence-electron chi connectivity index (χ3n) is 2.99. The van der Waals surface area contributed by atoms with Gasteiger partial charge in [0.25, 0.3) is 5.56 Å². The van der Waals surface area contributed by atoms with E-state index in [1.54, 1.807) is 11.6 Å². The lowest BCUT2D eigenvalue weighted by molar-refractivity contribution is -0.136. The Morgan fingerprint density at radius 1 is 1.42 bits per heavy atom. The zero-order valence-corrected chi connectivity index (χ0v) is 12.1. The van der Waals surface area contributed by atoms with Gasteiger partial charge in [-0.2, -0.15) is 0 Å². The fourth-order valence-electron chi connectivity index (χ4n) is 2.02. The number of benzene rings is 1. The van der Waals surface area contributed by atoms with Crippen LogP contribution in [0.1, 0.15) is 16.8 Å². The number of carboxylic acids is 1. The molecule has 100 valence electrons. The first kappa shape index (κ1) is 13.6. The van der Waals surface area contributed by atoms with Crippen LogP contribution >= 0.6 is 15.9 Å². The molecule has 0 aliphatic rings. The number of hydrogen-bond acceptors (Lipinski definition) is 2. The van der Waals surface area contributed by atoms with Crippen LogP contribution in [0.5, 0.6) is 0 Å². The van der Waals surface area contributed by atoms with Crippen LogP contribution in [-0.2, 0) is 11.2 Å². The molecule has 0 unspecified atom stereocenters. The summed E-state index contributed by atoms with van der Waals surface area (Å²) >= 11 is 3.38. The number of carbonyl (C=O) groups is 1. The van der Waals surface area contributed by atoms with E-state index < -0.39 is 5.97 Å². The van der Waals surface area contributed by atoms with E-state index in [9.17, 15) is 9.59 Å². The molecule has 2 rings (SSSR count). The van der Waals surface area contributed by atoms with Crippen LogP contribution in [0.2, 0.25) is 0 Å². The van der Waals surface area contributed by atoms with Gasteiger partial charge in [-0.05, 0) is 37.6 Å². The maximum Gasteiger partial charge on any atom is 0.308 e. The number of rotatable bonds is 3. The van der Waals surface area contributed by atoms with Crippen LogP contribution in [0.25, 0.3) is 5.69 Å². The van der Waals surface area contributed by atoms with Gasteiger partial charge in [0.15, 0.2) is 0 Å². The fourth-order valence-corrected chi connectivity index (χ4v) is 2.50. The van der Waals surface area contributed by atoms with Crippen molar-refractivity contribution in [2.75, 3.05) is 0 Å². The Hall–Kier alpha value is -1.82. The third-order valence-corrected chi connectivity index (χ3v) is 3.48. The number of aromatic amines is 1. The number of halogens is 1. The molecule has 0 fully saturated rings. The molecule has 0 spiro atoms. The van der Waals surface area contributed by atoms with E-state index in [0.717, 1.165) is 15.7 Å². The molecule has 0 amide bonds. The molecule has 0 aliphatic carbocycles.